The van der Waals surface area contributed by atoms with Crippen LogP contribution in [0, 0.1) is 18.3 Å². The third-order valence-electron chi connectivity index (χ3n) is 7.60. The SMILES string of the molecule is Cc1c(CN2CCC(Nc3[nH]c(=O)ncc3CCCC(F)(F)F)CC2)ccc2c1cc(C#N)n2Cc1cn[nH]c1. The van der Waals surface area contributed by atoms with Gasteiger partial charge in [-0.15, -0.1) is 0 Å². The molecule has 0 amide bonds. The smallest absolute Gasteiger partial charge is 0.368 e. The van der Waals surface area contributed by atoms with Crippen molar-refractivity contribution in [1.29, 1.82) is 5.26 Å². The van der Waals surface area contributed by atoms with E-state index in [1.54, 1.807) is 6.20 Å². The van der Waals surface area contributed by atoms with Crippen molar-refractivity contribution >= 4 is 16.7 Å². The summed E-state index contributed by atoms with van der Waals surface area (Å²) in [6.45, 7) is 5.10. The molecule has 12 heteroatoms. The number of halogens is 3. The number of anilines is 1. The lowest BCUT2D eigenvalue weighted by Crippen LogP contribution is -2.39. The van der Waals surface area contributed by atoms with Gasteiger partial charge in [-0.1, -0.05) is 6.07 Å². The van der Waals surface area contributed by atoms with Gasteiger partial charge < -0.3 is 9.88 Å². The molecule has 4 aromatic rings. The Bertz CT molecular complexity index is 1560. The third-order valence-corrected chi connectivity index (χ3v) is 7.60. The summed E-state index contributed by atoms with van der Waals surface area (Å²) in [7, 11) is 0. The van der Waals surface area contributed by atoms with E-state index in [0.29, 0.717) is 23.6 Å². The molecular formula is C28H31F3N8O. The van der Waals surface area contributed by atoms with Crippen LogP contribution in [-0.4, -0.2) is 54.9 Å². The van der Waals surface area contributed by atoms with Gasteiger partial charge in [-0.25, -0.2) is 9.78 Å². The Morgan fingerprint density at radius 2 is 1.98 bits per heavy atom. The first-order chi connectivity index (χ1) is 19.2. The maximum absolute atomic E-state index is 12.6. The fourth-order valence-electron chi connectivity index (χ4n) is 5.40. The van der Waals surface area contributed by atoms with E-state index < -0.39 is 18.3 Å². The molecule has 0 atom stereocenters. The van der Waals surface area contributed by atoms with Gasteiger partial charge >= 0.3 is 11.9 Å². The van der Waals surface area contributed by atoms with E-state index in [1.807, 2.05) is 16.8 Å². The number of benzene rings is 1. The van der Waals surface area contributed by atoms with Crippen LogP contribution in [0.3, 0.4) is 0 Å². The first-order valence-corrected chi connectivity index (χ1v) is 13.3. The number of alkyl halides is 3. The lowest BCUT2D eigenvalue weighted by Gasteiger charge is -2.33. The number of likely N-dealkylation sites (tertiary alicyclic amines) is 1. The van der Waals surface area contributed by atoms with Crippen molar-refractivity contribution in [1.82, 2.24) is 29.6 Å². The molecule has 1 saturated heterocycles. The fourth-order valence-corrected chi connectivity index (χ4v) is 5.40. The van der Waals surface area contributed by atoms with E-state index in [1.165, 1.54) is 11.8 Å². The topological polar surface area (TPSA) is 118 Å². The molecule has 210 valence electrons. The summed E-state index contributed by atoms with van der Waals surface area (Å²) in [4.78, 5) is 20.5. The summed E-state index contributed by atoms with van der Waals surface area (Å²) in [5.74, 6) is 0.468. The second-order valence-electron chi connectivity index (χ2n) is 10.4. The highest BCUT2D eigenvalue weighted by molar-refractivity contribution is 5.86. The number of piperidine rings is 1. The highest BCUT2D eigenvalue weighted by Crippen LogP contribution is 2.29. The summed E-state index contributed by atoms with van der Waals surface area (Å²) in [5.41, 5.74) is 5.04. The van der Waals surface area contributed by atoms with Gasteiger partial charge in [-0.2, -0.15) is 23.5 Å². The number of aromatic amines is 2. The van der Waals surface area contributed by atoms with Crippen molar-refractivity contribution in [2.45, 2.75) is 64.3 Å². The average Bonchev–Trinajstić information content (AvgIpc) is 3.56. The van der Waals surface area contributed by atoms with E-state index in [9.17, 15) is 23.2 Å². The van der Waals surface area contributed by atoms with Crippen molar-refractivity contribution in [2.24, 2.45) is 0 Å². The van der Waals surface area contributed by atoms with Gasteiger partial charge in [-0.3, -0.25) is 15.0 Å². The van der Waals surface area contributed by atoms with Crippen LogP contribution >= 0.6 is 0 Å². The van der Waals surface area contributed by atoms with Crippen LogP contribution in [0.15, 0.2) is 41.6 Å². The molecule has 3 N–H and O–H groups in total. The second kappa shape index (κ2) is 11.6. The predicted octanol–water partition coefficient (Wildman–Crippen LogP) is 4.64. The van der Waals surface area contributed by atoms with E-state index in [-0.39, 0.29) is 18.9 Å². The lowest BCUT2D eigenvalue weighted by molar-refractivity contribution is -0.135. The summed E-state index contributed by atoms with van der Waals surface area (Å²) in [6, 6.07) is 8.56. The molecule has 0 radical (unpaired) electrons. The minimum absolute atomic E-state index is 0.0589. The number of H-pyrrole nitrogens is 2. The molecule has 9 nitrogen and oxygen atoms in total. The zero-order valence-corrected chi connectivity index (χ0v) is 22.2. The van der Waals surface area contributed by atoms with E-state index in [4.69, 9.17) is 0 Å². The van der Waals surface area contributed by atoms with Crippen molar-refractivity contribution in [3.05, 3.63) is 75.2 Å². The molecule has 1 aliphatic heterocycles. The molecule has 0 spiro atoms. The molecular weight excluding hydrogens is 521 g/mol. The van der Waals surface area contributed by atoms with Gasteiger partial charge in [-0.05, 0) is 55.9 Å². The Morgan fingerprint density at radius 1 is 1.18 bits per heavy atom. The number of nitriles is 1. The fraction of sp³-hybridized carbons (Fsp3) is 0.429. The van der Waals surface area contributed by atoms with Crippen LogP contribution < -0.4 is 11.0 Å². The molecule has 3 aromatic heterocycles. The number of hydrogen-bond acceptors (Lipinski definition) is 6. The molecule has 0 saturated carbocycles. The quantitative estimate of drug-likeness (QED) is 0.279. The Hall–Kier alpha value is -4.11. The zero-order chi connectivity index (χ0) is 28.3. The van der Waals surface area contributed by atoms with Crippen LogP contribution in [0.1, 0.15) is 53.6 Å². The van der Waals surface area contributed by atoms with Crippen molar-refractivity contribution in [3.63, 3.8) is 0 Å². The van der Waals surface area contributed by atoms with Gasteiger partial charge in [0.25, 0.3) is 0 Å². The van der Waals surface area contributed by atoms with Crippen molar-refractivity contribution < 1.29 is 13.2 Å². The van der Waals surface area contributed by atoms with Gasteiger partial charge in [0.05, 0.1) is 12.7 Å². The molecule has 0 bridgehead atoms. The van der Waals surface area contributed by atoms with Crippen LogP contribution in [-0.2, 0) is 19.5 Å². The van der Waals surface area contributed by atoms with Gasteiger partial charge in [0.1, 0.15) is 17.6 Å². The summed E-state index contributed by atoms with van der Waals surface area (Å²) < 4.78 is 39.8. The zero-order valence-electron chi connectivity index (χ0n) is 22.2. The van der Waals surface area contributed by atoms with Crippen LogP contribution in [0.2, 0.25) is 0 Å². The molecule has 0 aliphatic carbocycles. The number of nitrogens with zero attached hydrogens (tertiary/aromatic N) is 5. The molecule has 0 unspecified atom stereocenters. The largest absolute Gasteiger partial charge is 0.389 e. The molecule has 1 aromatic carbocycles. The van der Waals surface area contributed by atoms with Gasteiger partial charge in [0.15, 0.2) is 0 Å². The summed E-state index contributed by atoms with van der Waals surface area (Å²) in [6.07, 6.45) is 1.65. The first-order valence-electron chi connectivity index (χ1n) is 13.3. The number of nitrogens with one attached hydrogen (secondary N) is 3. The number of hydrogen-bond donors (Lipinski definition) is 3. The number of aromatic nitrogens is 5. The monoisotopic (exact) mass is 552 g/mol. The molecule has 1 fully saturated rings. The normalized spacial score (nSPS) is 15.0. The Balaban J connectivity index is 1.22. The Labute approximate surface area is 229 Å². The molecule has 1 aliphatic rings. The summed E-state index contributed by atoms with van der Waals surface area (Å²) in [5, 5.41) is 21.0. The lowest BCUT2D eigenvalue weighted by atomic mass is 10.0. The molecule has 4 heterocycles. The van der Waals surface area contributed by atoms with Crippen molar-refractivity contribution in [2.75, 3.05) is 18.4 Å². The maximum atomic E-state index is 12.6. The number of fused-ring (bicyclic) bond motifs is 1. The molecule has 5 rings (SSSR count). The van der Waals surface area contributed by atoms with Crippen molar-refractivity contribution in [3.8, 4) is 6.07 Å². The van der Waals surface area contributed by atoms with E-state index in [2.05, 4.69) is 55.5 Å². The third kappa shape index (κ3) is 6.37. The Morgan fingerprint density at radius 3 is 2.67 bits per heavy atom. The van der Waals surface area contributed by atoms with Crippen LogP contribution in [0.5, 0.6) is 0 Å². The first kappa shape index (κ1) is 27.5. The minimum Gasteiger partial charge on any atom is -0.368 e. The van der Waals surface area contributed by atoms with E-state index in [0.717, 1.165) is 54.5 Å². The average molecular weight is 553 g/mol. The maximum Gasteiger partial charge on any atom is 0.389 e. The highest BCUT2D eigenvalue weighted by Gasteiger charge is 2.27. The van der Waals surface area contributed by atoms with E-state index >= 15 is 0 Å². The van der Waals surface area contributed by atoms with Gasteiger partial charge in [0.2, 0.25) is 0 Å². The predicted molar refractivity (Wildman–Crippen MR) is 145 cm³/mol. The van der Waals surface area contributed by atoms with Gasteiger partial charge in [0, 0.05) is 66.5 Å². The number of rotatable bonds is 9. The minimum atomic E-state index is -4.21. The van der Waals surface area contributed by atoms with Crippen LogP contribution in [0.25, 0.3) is 10.9 Å². The summed E-state index contributed by atoms with van der Waals surface area (Å²) >= 11 is 0. The molecule has 40 heavy (non-hydrogen) atoms. The highest BCUT2D eigenvalue weighted by atomic mass is 19.4. The second-order valence-corrected chi connectivity index (χ2v) is 10.4. The standard InChI is InChI=1S/C28H31F3N8O/c1-18-21(4-5-25-24(18)11-23(12-32)39(25)16-19-13-34-35-14-19)17-38-9-6-22(7-10-38)36-26-20(15-33-27(40)37-26)3-2-8-28(29,30)31/h4-5,11,13-15,22H,2-3,6-10,16-17H2,1H3,(H,34,35)(H2,33,36,37,40). The Kier molecular flexibility index (Phi) is 7.93. The number of aryl methyl sites for hydroxylation is 2. The van der Waals surface area contributed by atoms with Crippen LogP contribution in [0.4, 0.5) is 19.0 Å².